The number of nitrogens with zero attached hydrogens (tertiary/aromatic N) is 1. The van der Waals surface area contributed by atoms with Crippen molar-refractivity contribution in [2.45, 2.75) is 26.4 Å². The summed E-state index contributed by atoms with van der Waals surface area (Å²) in [5.41, 5.74) is 2.76. The molecule has 8 heteroatoms. The number of methoxy groups -OCH3 is 1. The summed E-state index contributed by atoms with van der Waals surface area (Å²) in [6, 6.07) is 11.3. The molecule has 0 radical (unpaired) electrons. The Bertz CT molecular complexity index is 890. The van der Waals surface area contributed by atoms with Gasteiger partial charge in [-0.1, -0.05) is 17.7 Å². The molecule has 0 fully saturated rings. The summed E-state index contributed by atoms with van der Waals surface area (Å²) in [6.07, 6.45) is 0.600. The highest BCUT2D eigenvalue weighted by Crippen LogP contribution is 2.28. The van der Waals surface area contributed by atoms with Gasteiger partial charge in [-0.05, 0) is 62.7 Å². The summed E-state index contributed by atoms with van der Waals surface area (Å²) in [6.45, 7) is 5.22. The Labute approximate surface area is 168 Å². The number of hydrogen-bond acceptors (Lipinski definition) is 6. The fraction of sp³-hybridized carbons (Fsp3) is 0.250. The minimum Gasteiger partial charge on any atom is -0.493 e. The zero-order valence-corrected chi connectivity index (χ0v) is 16.7. The molecule has 0 aliphatic heterocycles. The highest BCUT2D eigenvalue weighted by molar-refractivity contribution is 6.30. The molecule has 0 spiro atoms. The Balaban J connectivity index is 2.03. The van der Waals surface area contributed by atoms with Crippen molar-refractivity contribution < 1.29 is 23.8 Å². The quantitative estimate of drug-likeness (QED) is 0.345. The maximum Gasteiger partial charge on any atom is 0.514 e. The van der Waals surface area contributed by atoms with Gasteiger partial charge in [-0.3, -0.25) is 4.79 Å². The van der Waals surface area contributed by atoms with Crippen LogP contribution >= 0.6 is 11.6 Å². The zero-order chi connectivity index (χ0) is 20.7. The molecule has 0 aliphatic carbocycles. The standard InChI is InChI=1S/C20H21ClN2O5/c1-20(2,3)28-19(25)27-16-9-8-13(10-17(16)26-4)12-22-23-18(24)14-6-5-7-15(21)11-14/h5-12H,1-4H3,(H,23,24)/b22-12+. The highest BCUT2D eigenvalue weighted by Gasteiger charge is 2.19. The number of hydrazone groups is 1. The van der Waals surface area contributed by atoms with E-state index in [-0.39, 0.29) is 5.75 Å². The monoisotopic (exact) mass is 404 g/mol. The van der Waals surface area contributed by atoms with Gasteiger partial charge < -0.3 is 14.2 Å². The van der Waals surface area contributed by atoms with Gasteiger partial charge in [-0.15, -0.1) is 0 Å². The van der Waals surface area contributed by atoms with E-state index >= 15 is 0 Å². The van der Waals surface area contributed by atoms with Crippen LogP contribution in [0.4, 0.5) is 4.79 Å². The molecule has 0 saturated carbocycles. The Kier molecular flexibility index (Phi) is 7.00. The molecule has 0 aliphatic rings. The predicted octanol–water partition coefficient (Wildman–Crippen LogP) is 4.43. The van der Waals surface area contributed by atoms with E-state index in [1.807, 2.05) is 0 Å². The van der Waals surface area contributed by atoms with Crippen LogP contribution in [-0.4, -0.2) is 31.0 Å². The number of hydrogen-bond donors (Lipinski definition) is 1. The van der Waals surface area contributed by atoms with Crippen molar-refractivity contribution in [3.05, 3.63) is 58.6 Å². The summed E-state index contributed by atoms with van der Waals surface area (Å²) < 4.78 is 15.5. The van der Waals surface area contributed by atoms with Crippen molar-refractivity contribution in [1.29, 1.82) is 0 Å². The van der Waals surface area contributed by atoms with Crippen molar-refractivity contribution in [3.63, 3.8) is 0 Å². The number of ether oxygens (including phenoxy) is 3. The van der Waals surface area contributed by atoms with E-state index in [2.05, 4.69) is 10.5 Å². The largest absolute Gasteiger partial charge is 0.514 e. The average Bonchev–Trinajstić information content (AvgIpc) is 2.61. The first-order chi connectivity index (χ1) is 13.2. The van der Waals surface area contributed by atoms with Gasteiger partial charge in [0.2, 0.25) is 0 Å². The van der Waals surface area contributed by atoms with Crippen LogP contribution in [0.1, 0.15) is 36.7 Å². The van der Waals surface area contributed by atoms with Gasteiger partial charge in [0, 0.05) is 10.6 Å². The van der Waals surface area contributed by atoms with Gasteiger partial charge in [0.25, 0.3) is 5.91 Å². The maximum absolute atomic E-state index is 12.0. The summed E-state index contributed by atoms with van der Waals surface area (Å²) >= 11 is 5.86. The number of carbonyl (C=O) groups excluding carboxylic acids is 2. The van der Waals surface area contributed by atoms with Crippen LogP contribution in [-0.2, 0) is 4.74 Å². The third-order valence-electron chi connectivity index (χ3n) is 3.24. The molecule has 0 saturated heterocycles. The summed E-state index contributed by atoms with van der Waals surface area (Å²) in [7, 11) is 1.44. The normalized spacial score (nSPS) is 11.2. The summed E-state index contributed by atoms with van der Waals surface area (Å²) in [5.74, 6) is 0.128. The molecule has 0 atom stereocenters. The van der Waals surface area contributed by atoms with Crippen LogP contribution in [0.25, 0.3) is 0 Å². The van der Waals surface area contributed by atoms with E-state index in [1.165, 1.54) is 19.4 Å². The number of rotatable bonds is 5. The molecule has 2 aromatic carbocycles. The molecule has 2 rings (SSSR count). The number of nitrogens with one attached hydrogen (secondary N) is 1. The van der Waals surface area contributed by atoms with Crippen LogP contribution in [0.3, 0.4) is 0 Å². The van der Waals surface area contributed by atoms with Gasteiger partial charge in [0.1, 0.15) is 5.60 Å². The molecular formula is C20H21ClN2O5. The number of carbonyl (C=O) groups is 2. The smallest absolute Gasteiger partial charge is 0.493 e. The zero-order valence-electron chi connectivity index (χ0n) is 16.0. The first-order valence-electron chi connectivity index (χ1n) is 8.36. The van der Waals surface area contributed by atoms with Gasteiger partial charge in [-0.25, -0.2) is 10.2 Å². The lowest BCUT2D eigenvalue weighted by atomic mass is 10.2. The van der Waals surface area contributed by atoms with Crippen LogP contribution in [0.15, 0.2) is 47.6 Å². The van der Waals surface area contributed by atoms with E-state index < -0.39 is 17.7 Å². The lowest BCUT2D eigenvalue weighted by Gasteiger charge is -2.19. The van der Waals surface area contributed by atoms with Gasteiger partial charge >= 0.3 is 6.16 Å². The predicted molar refractivity (Wildman–Crippen MR) is 106 cm³/mol. The fourth-order valence-electron chi connectivity index (χ4n) is 2.07. The molecule has 7 nitrogen and oxygen atoms in total. The average molecular weight is 405 g/mol. The van der Waals surface area contributed by atoms with E-state index in [0.29, 0.717) is 21.9 Å². The Morgan fingerprint density at radius 2 is 1.86 bits per heavy atom. The third kappa shape index (κ3) is 6.59. The van der Waals surface area contributed by atoms with Crippen molar-refractivity contribution in [3.8, 4) is 11.5 Å². The minimum atomic E-state index is -0.832. The van der Waals surface area contributed by atoms with Crippen LogP contribution < -0.4 is 14.9 Å². The Morgan fingerprint density at radius 1 is 1.11 bits per heavy atom. The number of halogens is 1. The third-order valence-corrected chi connectivity index (χ3v) is 3.47. The SMILES string of the molecule is COc1cc(/C=N/NC(=O)c2cccc(Cl)c2)ccc1OC(=O)OC(C)(C)C. The minimum absolute atomic E-state index is 0.205. The van der Waals surface area contributed by atoms with Gasteiger partial charge in [0.15, 0.2) is 11.5 Å². The van der Waals surface area contributed by atoms with E-state index in [9.17, 15) is 9.59 Å². The molecule has 0 aromatic heterocycles. The lowest BCUT2D eigenvalue weighted by molar-refractivity contribution is 0.0201. The van der Waals surface area contributed by atoms with Crippen molar-refractivity contribution >= 4 is 29.9 Å². The Morgan fingerprint density at radius 3 is 2.50 bits per heavy atom. The first kappa shape index (κ1) is 21.2. The topological polar surface area (TPSA) is 86.2 Å². The molecule has 148 valence electrons. The van der Waals surface area contributed by atoms with Crippen LogP contribution in [0.5, 0.6) is 11.5 Å². The molecule has 2 aromatic rings. The fourth-order valence-corrected chi connectivity index (χ4v) is 2.26. The molecule has 28 heavy (non-hydrogen) atoms. The van der Waals surface area contributed by atoms with Crippen molar-refractivity contribution in [1.82, 2.24) is 5.43 Å². The van der Waals surface area contributed by atoms with Crippen molar-refractivity contribution in [2.75, 3.05) is 7.11 Å². The van der Waals surface area contributed by atoms with E-state index in [0.717, 1.165) is 0 Å². The van der Waals surface area contributed by atoms with Crippen LogP contribution in [0, 0.1) is 0 Å². The summed E-state index contributed by atoms with van der Waals surface area (Å²) in [4.78, 5) is 23.8. The molecule has 0 bridgehead atoms. The first-order valence-corrected chi connectivity index (χ1v) is 8.73. The second-order valence-corrected chi connectivity index (χ2v) is 7.12. The maximum atomic E-state index is 12.0. The molecule has 1 N–H and O–H groups in total. The number of amides is 1. The Hall–Kier alpha value is -3.06. The van der Waals surface area contributed by atoms with Gasteiger partial charge in [-0.2, -0.15) is 5.10 Å². The molecule has 1 amide bonds. The molecular weight excluding hydrogens is 384 g/mol. The summed E-state index contributed by atoms with van der Waals surface area (Å²) in [5, 5.41) is 4.37. The molecule has 0 unspecified atom stereocenters. The second kappa shape index (κ2) is 9.23. The second-order valence-electron chi connectivity index (χ2n) is 6.69. The lowest BCUT2D eigenvalue weighted by Crippen LogP contribution is -2.26. The van der Waals surface area contributed by atoms with Gasteiger partial charge in [0.05, 0.1) is 13.3 Å². The van der Waals surface area contributed by atoms with E-state index in [1.54, 1.807) is 57.2 Å². The molecule has 0 heterocycles. The van der Waals surface area contributed by atoms with Crippen LogP contribution in [0.2, 0.25) is 5.02 Å². The van der Waals surface area contributed by atoms with E-state index in [4.69, 9.17) is 25.8 Å². The number of benzene rings is 2. The van der Waals surface area contributed by atoms with Crippen molar-refractivity contribution in [2.24, 2.45) is 5.10 Å². The highest BCUT2D eigenvalue weighted by atomic mass is 35.5.